The second kappa shape index (κ2) is 7.98. The van der Waals surface area contributed by atoms with Crippen LogP contribution in [0.4, 0.5) is 0 Å². The fraction of sp³-hybridized carbons (Fsp3) is 0.625. The van der Waals surface area contributed by atoms with E-state index >= 15 is 0 Å². The quantitative estimate of drug-likeness (QED) is 0.780. The number of rotatable bonds is 7. The van der Waals surface area contributed by atoms with Crippen LogP contribution in [-0.2, 0) is 16.1 Å². The lowest BCUT2D eigenvalue weighted by atomic mass is 10.1. The number of esters is 1. The first-order valence-corrected chi connectivity index (χ1v) is 7.40. The normalized spacial score (nSPS) is 12.5. The number of carbonyl (C=O) groups is 2. The van der Waals surface area contributed by atoms with Gasteiger partial charge in [-0.3, -0.25) is 9.69 Å². The highest BCUT2D eigenvalue weighted by atomic mass is 16.5. The Kier molecular flexibility index (Phi) is 6.61. The Hall–Kier alpha value is -1.82. The van der Waals surface area contributed by atoms with Gasteiger partial charge < -0.3 is 14.5 Å². The predicted octanol–water partition coefficient (Wildman–Crippen LogP) is 1.97. The summed E-state index contributed by atoms with van der Waals surface area (Å²) in [5, 5.41) is 2.95. The van der Waals surface area contributed by atoms with Gasteiger partial charge >= 0.3 is 5.97 Å². The molecular weight excluding hydrogens is 284 g/mol. The number of amides is 1. The summed E-state index contributed by atoms with van der Waals surface area (Å²) in [6.07, 6.45) is 0. The topological polar surface area (TPSA) is 71.8 Å². The summed E-state index contributed by atoms with van der Waals surface area (Å²) < 4.78 is 10.2. The van der Waals surface area contributed by atoms with Gasteiger partial charge in [-0.25, -0.2) is 4.79 Å². The fourth-order valence-corrected chi connectivity index (χ4v) is 1.97. The van der Waals surface area contributed by atoms with Gasteiger partial charge in [0.2, 0.25) is 5.91 Å². The lowest BCUT2D eigenvalue weighted by Crippen LogP contribution is -2.41. The summed E-state index contributed by atoms with van der Waals surface area (Å²) in [5.41, 5.74) is 0.420. The molecule has 0 saturated heterocycles. The van der Waals surface area contributed by atoms with Crippen molar-refractivity contribution in [1.29, 1.82) is 0 Å². The lowest BCUT2D eigenvalue weighted by molar-refractivity contribution is -0.123. The van der Waals surface area contributed by atoms with E-state index < -0.39 is 5.97 Å². The molecule has 22 heavy (non-hydrogen) atoms. The molecular formula is C16H26N2O4. The average molecular weight is 310 g/mol. The summed E-state index contributed by atoms with van der Waals surface area (Å²) >= 11 is 0. The highest BCUT2D eigenvalue weighted by molar-refractivity contribution is 5.90. The van der Waals surface area contributed by atoms with Gasteiger partial charge in [-0.1, -0.05) is 13.8 Å². The van der Waals surface area contributed by atoms with Crippen LogP contribution >= 0.6 is 0 Å². The zero-order valence-corrected chi connectivity index (χ0v) is 14.2. The van der Waals surface area contributed by atoms with Gasteiger partial charge in [0.25, 0.3) is 0 Å². The maximum Gasteiger partial charge on any atom is 0.341 e. The first kappa shape index (κ1) is 18.2. The number of methoxy groups -OCH3 is 1. The minimum absolute atomic E-state index is 0.0276. The number of nitrogens with one attached hydrogen (secondary N) is 1. The van der Waals surface area contributed by atoms with Crippen LogP contribution in [0.2, 0.25) is 0 Å². The van der Waals surface area contributed by atoms with E-state index in [2.05, 4.69) is 23.9 Å². The number of carbonyl (C=O) groups excluding carboxylic acids is 2. The van der Waals surface area contributed by atoms with Crippen molar-refractivity contribution in [3.63, 3.8) is 0 Å². The van der Waals surface area contributed by atoms with Crippen molar-refractivity contribution in [2.45, 2.75) is 40.3 Å². The van der Waals surface area contributed by atoms with E-state index in [1.54, 1.807) is 13.0 Å². The molecule has 6 nitrogen and oxygen atoms in total. The Balaban J connectivity index is 2.57. The maximum atomic E-state index is 11.9. The summed E-state index contributed by atoms with van der Waals surface area (Å²) in [4.78, 5) is 25.3. The molecule has 1 atom stereocenters. The number of hydrogen-bond acceptors (Lipinski definition) is 5. The number of hydrogen-bond donors (Lipinski definition) is 1. The molecule has 1 unspecified atom stereocenters. The molecule has 0 fully saturated rings. The second-order valence-electron chi connectivity index (χ2n) is 5.95. The molecule has 1 rings (SSSR count). The van der Waals surface area contributed by atoms with Gasteiger partial charge in [0.1, 0.15) is 17.1 Å². The van der Waals surface area contributed by atoms with Crippen LogP contribution in [0.3, 0.4) is 0 Å². The van der Waals surface area contributed by atoms with Crippen LogP contribution in [0.5, 0.6) is 0 Å². The third-order valence-corrected chi connectivity index (χ3v) is 3.60. The SMILES string of the molecule is COC(=O)c1cc(CN(C)CC(=O)NC(C)C(C)C)oc1C. The van der Waals surface area contributed by atoms with E-state index in [-0.39, 0.29) is 18.5 Å². The molecule has 0 bridgehead atoms. The minimum Gasteiger partial charge on any atom is -0.465 e. The third-order valence-electron chi connectivity index (χ3n) is 3.60. The van der Waals surface area contributed by atoms with Crippen LogP contribution in [-0.4, -0.2) is 43.5 Å². The fourth-order valence-electron chi connectivity index (χ4n) is 1.97. The van der Waals surface area contributed by atoms with Crippen molar-refractivity contribution >= 4 is 11.9 Å². The number of furan rings is 1. The zero-order valence-electron chi connectivity index (χ0n) is 14.2. The van der Waals surface area contributed by atoms with E-state index in [0.717, 1.165) is 0 Å². The Morgan fingerprint density at radius 1 is 1.36 bits per heavy atom. The number of likely N-dealkylation sites (N-methyl/N-ethyl adjacent to an activating group) is 1. The molecule has 1 aromatic rings. The molecule has 6 heteroatoms. The van der Waals surface area contributed by atoms with Crippen molar-refractivity contribution in [3.05, 3.63) is 23.2 Å². The van der Waals surface area contributed by atoms with Gasteiger partial charge in [0.15, 0.2) is 0 Å². The van der Waals surface area contributed by atoms with Gasteiger partial charge in [-0.15, -0.1) is 0 Å². The molecule has 1 N–H and O–H groups in total. The molecule has 0 aliphatic rings. The first-order chi connectivity index (χ1) is 10.2. The summed E-state index contributed by atoms with van der Waals surface area (Å²) in [7, 11) is 3.16. The maximum absolute atomic E-state index is 11.9. The summed E-state index contributed by atoms with van der Waals surface area (Å²) in [6, 6.07) is 1.80. The molecule has 0 aliphatic carbocycles. The molecule has 0 spiro atoms. The summed E-state index contributed by atoms with van der Waals surface area (Å²) in [5.74, 6) is 1.10. The van der Waals surface area contributed by atoms with Crippen molar-refractivity contribution in [2.24, 2.45) is 5.92 Å². The van der Waals surface area contributed by atoms with Crippen LogP contribution in [0, 0.1) is 12.8 Å². The Morgan fingerprint density at radius 2 is 2.00 bits per heavy atom. The van der Waals surface area contributed by atoms with E-state index in [0.29, 0.717) is 29.5 Å². The van der Waals surface area contributed by atoms with Gasteiger partial charge in [-0.05, 0) is 32.9 Å². The molecule has 0 saturated carbocycles. The predicted molar refractivity (Wildman–Crippen MR) is 83.6 cm³/mol. The van der Waals surface area contributed by atoms with Gasteiger partial charge in [0.05, 0.1) is 20.2 Å². The minimum atomic E-state index is -0.418. The van der Waals surface area contributed by atoms with Gasteiger partial charge in [0, 0.05) is 6.04 Å². The van der Waals surface area contributed by atoms with E-state index in [9.17, 15) is 9.59 Å². The number of ether oxygens (including phenoxy) is 1. The summed E-state index contributed by atoms with van der Waals surface area (Å²) in [6.45, 7) is 8.54. The molecule has 1 amide bonds. The Bertz CT molecular complexity index is 522. The van der Waals surface area contributed by atoms with Crippen LogP contribution in [0.25, 0.3) is 0 Å². The smallest absolute Gasteiger partial charge is 0.341 e. The largest absolute Gasteiger partial charge is 0.465 e. The van der Waals surface area contributed by atoms with Crippen molar-refractivity contribution in [2.75, 3.05) is 20.7 Å². The third kappa shape index (κ3) is 5.18. The van der Waals surface area contributed by atoms with E-state index in [1.165, 1.54) is 7.11 Å². The standard InChI is InChI=1S/C16H26N2O4/c1-10(2)11(3)17-15(19)9-18(5)8-13-7-14(12(4)22-13)16(20)21-6/h7,10-11H,8-9H2,1-6H3,(H,17,19). The lowest BCUT2D eigenvalue weighted by Gasteiger charge is -2.20. The molecule has 124 valence electrons. The van der Waals surface area contributed by atoms with Crippen LogP contribution < -0.4 is 5.32 Å². The molecule has 0 aromatic carbocycles. The Labute approximate surface area is 131 Å². The van der Waals surface area contributed by atoms with Gasteiger partial charge in [-0.2, -0.15) is 0 Å². The van der Waals surface area contributed by atoms with Crippen LogP contribution in [0.1, 0.15) is 42.6 Å². The van der Waals surface area contributed by atoms with Crippen molar-refractivity contribution in [1.82, 2.24) is 10.2 Å². The second-order valence-corrected chi connectivity index (χ2v) is 5.95. The van der Waals surface area contributed by atoms with Crippen LogP contribution in [0.15, 0.2) is 10.5 Å². The van der Waals surface area contributed by atoms with Crippen molar-refractivity contribution in [3.8, 4) is 0 Å². The molecule has 1 heterocycles. The first-order valence-electron chi connectivity index (χ1n) is 7.40. The van der Waals surface area contributed by atoms with Crippen molar-refractivity contribution < 1.29 is 18.7 Å². The highest BCUT2D eigenvalue weighted by Gasteiger charge is 2.17. The zero-order chi connectivity index (χ0) is 16.9. The van der Waals surface area contributed by atoms with E-state index in [4.69, 9.17) is 4.42 Å². The monoisotopic (exact) mass is 310 g/mol. The highest BCUT2D eigenvalue weighted by Crippen LogP contribution is 2.16. The molecule has 0 radical (unpaired) electrons. The Morgan fingerprint density at radius 3 is 2.55 bits per heavy atom. The number of nitrogens with zero attached hydrogens (tertiary/aromatic N) is 1. The molecule has 0 aliphatic heterocycles. The molecule has 1 aromatic heterocycles. The van der Waals surface area contributed by atoms with E-state index in [1.807, 2.05) is 18.9 Å². The average Bonchev–Trinajstić information content (AvgIpc) is 2.77. The number of aryl methyl sites for hydroxylation is 1.